The highest BCUT2D eigenvalue weighted by Crippen LogP contribution is 2.31. The topological polar surface area (TPSA) is 58.6 Å². The molecule has 0 radical (unpaired) electrons. The molecule has 1 unspecified atom stereocenters. The molecule has 2 heterocycles. The predicted molar refractivity (Wildman–Crippen MR) is 117 cm³/mol. The molecule has 29 heavy (non-hydrogen) atoms. The summed E-state index contributed by atoms with van der Waals surface area (Å²) in [6.07, 6.45) is -0.621. The molecule has 146 valence electrons. The maximum atomic E-state index is 12.7. The van der Waals surface area contributed by atoms with Crippen molar-refractivity contribution in [3.05, 3.63) is 104 Å². The number of benzene rings is 2. The molecule has 0 aliphatic carbocycles. The molecule has 0 fully saturated rings. The first-order valence-corrected chi connectivity index (χ1v) is 10.8. The maximum absolute atomic E-state index is 12.7. The number of amides is 1. The summed E-state index contributed by atoms with van der Waals surface area (Å²) in [7, 11) is 0. The number of hydrogen-bond donors (Lipinski definition) is 2. The zero-order chi connectivity index (χ0) is 20.1. The van der Waals surface area contributed by atoms with Crippen LogP contribution in [0.25, 0.3) is 0 Å². The third-order valence-corrected chi connectivity index (χ3v) is 6.35. The first kappa shape index (κ1) is 19.4. The molecule has 0 saturated carbocycles. The molecule has 0 bridgehead atoms. The Kier molecular flexibility index (Phi) is 6.05. The minimum atomic E-state index is -0.621. The van der Waals surface area contributed by atoms with Crippen molar-refractivity contribution in [2.75, 3.05) is 0 Å². The fourth-order valence-corrected chi connectivity index (χ4v) is 4.60. The van der Waals surface area contributed by atoms with Crippen LogP contribution in [0.15, 0.2) is 84.2 Å². The molecular formula is C23H19NO3S2. The van der Waals surface area contributed by atoms with Gasteiger partial charge in [0.05, 0.1) is 12.1 Å². The smallest absolute Gasteiger partial charge is 0.255 e. The highest BCUT2D eigenvalue weighted by atomic mass is 32.1. The Hall–Kier alpha value is -2.93. The molecule has 0 aliphatic heterocycles. The SMILES string of the molecule is O=C(NCc1ccc(C(O)c2cccs2)s1)c1ccccc1Oc1ccccc1. The molecule has 2 aromatic carbocycles. The van der Waals surface area contributed by atoms with E-state index in [2.05, 4.69) is 5.32 Å². The van der Waals surface area contributed by atoms with Crippen molar-refractivity contribution in [3.63, 3.8) is 0 Å². The Bertz CT molecular complexity index is 1070. The number of carbonyl (C=O) groups is 1. The molecule has 4 nitrogen and oxygen atoms in total. The number of aliphatic hydroxyl groups excluding tert-OH is 1. The van der Waals surface area contributed by atoms with Crippen LogP contribution in [0.3, 0.4) is 0 Å². The van der Waals surface area contributed by atoms with Gasteiger partial charge < -0.3 is 15.2 Å². The molecule has 1 amide bonds. The van der Waals surface area contributed by atoms with Gasteiger partial charge in [0.2, 0.25) is 0 Å². The van der Waals surface area contributed by atoms with E-state index in [9.17, 15) is 9.90 Å². The Labute approximate surface area is 177 Å². The standard InChI is InChI=1S/C23H19NO3S2/c25-22(20-11-6-14-28-20)21-13-12-17(29-21)15-24-23(26)18-9-4-5-10-19(18)27-16-7-2-1-3-8-16/h1-14,22,25H,15H2,(H,24,26). The van der Waals surface area contributed by atoms with Crippen LogP contribution >= 0.6 is 22.7 Å². The first-order valence-electron chi connectivity index (χ1n) is 9.11. The molecule has 2 N–H and O–H groups in total. The van der Waals surface area contributed by atoms with Crippen molar-refractivity contribution in [2.45, 2.75) is 12.6 Å². The van der Waals surface area contributed by atoms with Crippen LogP contribution in [0.4, 0.5) is 0 Å². The van der Waals surface area contributed by atoms with Crippen molar-refractivity contribution < 1.29 is 14.6 Å². The summed E-state index contributed by atoms with van der Waals surface area (Å²) in [4.78, 5) is 15.5. The summed E-state index contributed by atoms with van der Waals surface area (Å²) < 4.78 is 5.87. The third kappa shape index (κ3) is 4.74. The fourth-order valence-electron chi connectivity index (χ4n) is 2.84. The van der Waals surface area contributed by atoms with E-state index in [1.807, 2.05) is 72.1 Å². The van der Waals surface area contributed by atoms with Gasteiger partial charge in [0.25, 0.3) is 5.91 Å². The lowest BCUT2D eigenvalue weighted by Gasteiger charge is -2.11. The first-order chi connectivity index (χ1) is 14.2. The fraction of sp³-hybridized carbons (Fsp3) is 0.0870. The number of nitrogens with one attached hydrogen (secondary N) is 1. The minimum Gasteiger partial charge on any atom is -0.457 e. The number of para-hydroxylation sites is 2. The van der Waals surface area contributed by atoms with Crippen molar-refractivity contribution in [3.8, 4) is 11.5 Å². The van der Waals surface area contributed by atoms with Crippen LogP contribution in [0.1, 0.15) is 31.1 Å². The van der Waals surface area contributed by atoms with E-state index in [0.717, 1.165) is 14.6 Å². The normalized spacial score (nSPS) is 11.8. The molecule has 2 aromatic heterocycles. The van der Waals surface area contributed by atoms with Gasteiger partial charge in [-0.15, -0.1) is 22.7 Å². The molecule has 0 spiro atoms. The lowest BCUT2D eigenvalue weighted by molar-refractivity contribution is 0.0949. The highest BCUT2D eigenvalue weighted by Gasteiger charge is 2.16. The van der Waals surface area contributed by atoms with Crippen molar-refractivity contribution in [1.82, 2.24) is 5.32 Å². The van der Waals surface area contributed by atoms with Gasteiger partial charge in [-0.3, -0.25) is 4.79 Å². The molecule has 4 rings (SSSR count). The molecule has 1 atom stereocenters. The van der Waals surface area contributed by atoms with E-state index in [1.165, 1.54) is 22.7 Å². The second-order valence-electron chi connectivity index (χ2n) is 6.32. The highest BCUT2D eigenvalue weighted by molar-refractivity contribution is 7.12. The number of aliphatic hydroxyl groups is 1. The Balaban J connectivity index is 1.42. The Morgan fingerprint density at radius 2 is 1.72 bits per heavy atom. The molecule has 6 heteroatoms. The average Bonchev–Trinajstić information content (AvgIpc) is 3.45. The molecule has 0 aliphatic rings. The number of carbonyl (C=O) groups excluding carboxylic acids is 1. The van der Waals surface area contributed by atoms with Gasteiger partial charge in [-0.05, 0) is 47.8 Å². The van der Waals surface area contributed by atoms with Gasteiger partial charge in [-0.1, -0.05) is 36.4 Å². The second-order valence-corrected chi connectivity index (χ2v) is 8.50. The number of hydrogen-bond acceptors (Lipinski definition) is 5. The van der Waals surface area contributed by atoms with Crippen LogP contribution in [0, 0.1) is 0 Å². The molecule has 0 saturated heterocycles. The summed E-state index contributed by atoms with van der Waals surface area (Å²) in [6, 6.07) is 24.2. The van der Waals surface area contributed by atoms with E-state index in [4.69, 9.17) is 4.74 Å². The van der Waals surface area contributed by atoms with Crippen LogP contribution in [-0.4, -0.2) is 11.0 Å². The summed E-state index contributed by atoms with van der Waals surface area (Å²) in [5, 5.41) is 15.3. The lowest BCUT2D eigenvalue weighted by Crippen LogP contribution is -2.22. The molecule has 4 aromatic rings. The monoisotopic (exact) mass is 421 g/mol. The van der Waals surface area contributed by atoms with Gasteiger partial charge >= 0.3 is 0 Å². The van der Waals surface area contributed by atoms with Gasteiger partial charge in [0.1, 0.15) is 17.6 Å². The van der Waals surface area contributed by atoms with Crippen molar-refractivity contribution in [2.24, 2.45) is 0 Å². The largest absolute Gasteiger partial charge is 0.457 e. The minimum absolute atomic E-state index is 0.203. The Morgan fingerprint density at radius 3 is 2.52 bits per heavy atom. The van der Waals surface area contributed by atoms with Gasteiger partial charge in [-0.2, -0.15) is 0 Å². The predicted octanol–water partition coefficient (Wildman–Crippen LogP) is 5.61. The van der Waals surface area contributed by atoms with E-state index in [-0.39, 0.29) is 5.91 Å². The van der Waals surface area contributed by atoms with Crippen molar-refractivity contribution >= 4 is 28.6 Å². The maximum Gasteiger partial charge on any atom is 0.255 e. The van der Waals surface area contributed by atoms with Crippen LogP contribution in [0.2, 0.25) is 0 Å². The van der Waals surface area contributed by atoms with Crippen LogP contribution in [-0.2, 0) is 6.54 Å². The second kappa shape index (κ2) is 9.05. The summed E-state index contributed by atoms with van der Waals surface area (Å²) in [5.41, 5.74) is 0.478. The Morgan fingerprint density at radius 1 is 0.931 bits per heavy atom. The van der Waals surface area contributed by atoms with Gasteiger partial charge in [-0.25, -0.2) is 0 Å². The van der Waals surface area contributed by atoms with Crippen molar-refractivity contribution in [1.29, 1.82) is 0 Å². The lowest BCUT2D eigenvalue weighted by atomic mass is 10.2. The number of thiophene rings is 2. The van der Waals surface area contributed by atoms with E-state index >= 15 is 0 Å². The number of ether oxygens (including phenoxy) is 1. The summed E-state index contributed by atoms with van der Waals surface area (Å²) in [6.45, 7) is 0.389. The van der Waals surface area contributed by atoms with E-state index in [0.29, 0.717) is 23.6 Å². The van der Waals surface area contributed by atoms with E-state index in [1.54, 1.807) is 12.1 Å². The van der Waals surface area contributed by atoms with E-state index < -0.39 is 6.10 Å². The summed E-state index contributed by atoms with van der Waals surface area (Å²) in [5.74, 6) is 0.986. The summed E-state index contributed by atoms with van der Waals surface area (Å²) >= 11 is 3.02. The average molecular weight is 422 g/mol. The molecular weight excluding hydrogens is 402 g/mol. The third-order valence-electron chi connectivity index (χ3n) is 4.29. The van der Waals surface area contributed by atoms with Gasteiger partial charge in [0, 0.05) is 14.6 Å². The van der Waals surface area contributed by atoms with Crippen LogP contribution < -0.4 is 10.1 Å². The van der Waals surface area contributed by atoms with Gasteiger partial charge in [0.15, 0.2) is 0 Å². The van der Waals surface area contributed by atoms with Crippen LogP contribution in [0.5, 0.6) is 11.5 Å². The number of rotatable bonds is 7. The quantitative estimate of drug-likeness (QED) is 0.408. The zero-order valence-corrected chi connectivity index (χ0v) is 17.1. The zero-order valence-electron chi connectivity index (χ0n) is 15.4.